The van der Waals surface area contributed by atoms with E-state index in [1.807, 2.05) is 25.1 Å². The first-order valence-corrected chi connectivity index (χ1v) is 6.05. The zero-order valence-electron chi connectivity index (χ0n) is 11.2. The highest BCUT2D eigenvalue weighted by molar-refractivity contribution is 5.39. The molecule has 0 aromatic heterocycles. The van der Waals surface area contributed by atoms with Gasteiger partial charge in [-0.1, -0.05) is 17.7 Å². The van der Waals surface area contributed by atoms with Gasteiger partial charge < -0.3 is 9.47 Å². The molecule has 1 atom stereocenters. The number of nitrogens with one attached hydrogen (secondary N) is 1. The molecule has 0 heterocycles. The molecule has 0 aliphatic rings. The maximum atomic E-state index is 12.0. The highest BCUT2D eigenvalue weighted by Crippen LogP contribution is 2.27. The number of alkyl halides is 2. The molecule has 108 valence electrons. The van der Waals surface area contributed by atoms with Crippen LogP contribution in [0.15, 0.2) is 18.2 Å². The van der Waals surface area contributed by atoms with E-state index in [0.717, 1.165) is 11.1 Å². The topological polar surface area (TPSA) is 56.5 Å². The van der Waals surface area contributed by atoms with E-state index in [1.54, 1.807) is 7.11 Å². The number of aryl methyl sites for hydroxylation is 1. The molecule has 0 aliphatic heterocycles. The summed E-state index contributed by atoms with van der Waals surface area (Å²) in [5.41, 5.74) is 4.63. The van der Waals surface area contributed by atoms with E-state index in [2.05, 4.69) is 5.43 Å². The first kappa shape index (κ1) is 15.8. The van der Waals surface area contributed by atoms with E-state index < -0.39 is 13.0 Å². The van der Waals surface area contributed by atoms with Crippen LogP contribution in [0.2, 0.25) is 0 Å². The van der Waals surface area contributed by atoms with Crippen molar-refractivity contribution in [2.45, 2.75) is 25.8 Å². The highest BCUT2D eigenvalue weighted by atomic mass is 19.3. The Morgan fingerprint density at radius 3 is 2.68 bits per heavy atom. The number of hydrogen-bond acceptors (Lipinski definition) is 4. The summed E-state index contributed by atoms with van der Waals surface area (Å²) >= 11 is 0. The minimum absolute atomic E-state index is 0.201. The van der Waals surface area contributed by atoms with Gasteiger partial charge in [0.25, 0.3) is 6.43 Å². The Kier molecular flexibility index (Phi) is 6.69. The lowest BCUT2D eigenvalue weighted by Gasteiger charge is -2.19. The second kappa shape index (κ2) is 8.04. The summed E-state index contributed by atoms with van der Waals surface area (Å²) < 4.78 is 34.0. The molecule has 1 aromatic carbocycles. The van der Waals surface area contributed by atoms with Crippen LogP contribution in [-0.2, 0) is 4.74 Å². The fourth-order valence-corrected chi connectivity index (χ4v) is 1.83. The van der Waals surface area contributed by atoms with Gasteiger partial charge in [-0.3, -0.25) is 11.3 Å². The van der Waals surface area contributed by atoms with Crippen molar-refractivity contribution in [1.29, 1.82) is 0 Å². The fourth-order valence-electron chi connectivity index (χ4n) is 1.83. The zero-order chi connectivity index (χ0) is 14.3. The zero-order valence-corrected chi connectivity index (χ0v) is 11.2. The second-order valence-electron chi connectivity index (χ2n) is 4.22. The van der Waals surface area contributed by atoms with Gasteiger partial charge in [0.15, 0.2) is 0 Å². The van der Waals surface area contributed by atoms with E-state index in [-0.39, 0.29) is 12.6 Å². The lowest BCUT2D eigenvalue weighted by Crippen LogP contribution is -2.29. The molecule has 0 fully saturated rings. The monoisotopic (exact) mass is 274 g/mol. The Morgan fingerprint density at radius 2 is 2.11 bits per heavy atom. The third kappa shape index (κ3) is 5.10. The van der Waals surface area contributed by atoms with Gasteiger partial charge in [-0.05, 0) is 19.4 Å². The molecule has 1 aromatic rings. The molecule has 4 nitrogen and oxygen atoms in total. The number of ether oxygens (including phenoxy) is 2. The van der Waals surface area contributed by atoms with Crippen molar-refractivity contribution in [3.8, 4) is 5.75 Å². The van der Waals surface area contributed by atoms with E-state index in [0.29, 0.717) is 12.2 Å². The molecule has 0 aliphatic carbocycles. The van der Waals surface area contributed by atoms with Crippen molar-refractivity contribution in [3.05, 3.63) is 29.3 Å². The number of halogens is 2. The van der Waals surface area contributed by atoms with Crippen LogP contribution in [-0.4, -0.2) is 26.7 Å². The molecule has 19 heavy (non-hydrogen) atoms. The largest absolute Gasteiger partial charge is 0.496 e. The molecule has 0 radical (unpaired) electrons. The summed E-state index contributed by atoms with van der Waals surface area (Å²) in [5, 5.41) is 0. The van der Waals surface area contributed by atoms with Crippen LogP contribution in [0.4, 0.5) is 8.78 Å². The summed E-state index contributed by atoms with van der Waals surface area (Å²) in [6, 6.07) is 5.54. The minimum Gasteiger partial charge on any atom is -0.496 e. The summed E-state index contributed by atoms with van der Waals surface area (Å²) in [4.78, 5) is 0. The second-order valence-corrected chi connectivity index (χ2v) is 4.22. The van der Waals surface area contributed by atoms with Gasteiger partial charge >= 0.3 is 0 Å². The van der Waals surface area contributed by atoms with E-state index in [9.17, 15) is 8.78 Å². The Hall–Kier alpha value is -1.24. The van der Waals surface area contributed by atoms with Crippen LogP contribution in [0.25, 0.3) is 0 Å². The molecule has 0 amide bonds. The van der Waals surface area contributed by atoms with Gasteiger partial charge in [-0.15, -0.1) is 0 Å². The Balaban J connectivity index is 2.65. The molecular formula is C13H20F2N2O2. The van der Waals surface area contributed by atoms with Crippen LogP contribution in [0.3, 0.4) is 0 Å². The van der Waals surface area contributed by atoms with Gasteiger partial charge in [0.05, 0.1) is 13.2 Å². The normalized spacial score (nSPS) is 12.7. The molecule has 1 rings (SSSR count). The van der Waals surface area contributed by atoms with Crippen LogP contribution in [0, 0.1) is 6.92 Å². The molecule has 6 heteroatoms. The summed E-state index contributed by atoms with van der Waals surface area (Å²) in [6.07, 6.45) is -1.96. The molecule has 0 saturated heterocycles. The quantitative estimate of drug-likeness (QED) is 0.433. The molecule has 0 saturated carbocycles. The minimum atomic E-state index is -2.45. The molecule has 3 N–H and O–H groups in total. The van der Waals surface area contributed by atoms with E-state index in [1.165, 1.54) is 0 Å². The fraction of sp³-hybridized carbons (Fsp3) is 0.538. The lowest BCUT2D eigenvalue weighted by molar-refractivity contribution is 0.0143. The predicted molar refractivity (Wildman–Crippen MR) is 69.2 cm³/mol. The smallest absolute Gasteiger partial charge is 0.261 e. The van der Waals surface area contributed by atoms with Crippen LogP contribution in [0.1, 0.15) is 23.6 Å². The molecule has 1 unspecified atom stereocenters. The summed E-state index contributed by atoms with van der Waals surface area (Å²) in [7, 11) is 1.58. The average Bonchev–Trinajstić information content (AvgIpc) is 2.38. The SMILES string of the molecule is COc1ccc(C)cc1C(CCOCC(F)F)NN. The predicted octanol–water partition coefficient (Wildman–Crippen LogP) is 2.18. The number of hydrogen-bond donors (Lipinski definition) is 2. The third-order valence-corrected chi connectivity index (χ3v) is 2.76. The number of rotatable bonds is 8. The maximum Gasteiger partial charge on any atom is 0.261 e. The number of benzene rings is 1. The van der Waals surface area contributed by atoms with Gasteiger partial charge in [-0.2, -0.15) is 0 Å². The van der Waals surface area contributed by atoms with Crippen molar-refractivity contribution in [1.82, 2.24) is 5.43 Å². The third-order valence-electron chi connectivity index (χ3n) is 2.76. The molecular weight excluding hydrogens is 254 g/mol. The molecule has 0 spiro atoms. The van der Waals surface area contributed by atoms with E-state index >= 15 is 0 Å². The van der Waals surface area contributed by atoms with Crippen molar-refractivity contribution in [2.75, 3.05) is 20.3 Å². The lowest BCUT2D eigenvalue weighted by atomic mass is 10.0. The summed E-state index contributed by atoms with van der Waals surface area (Å²) in [6.45, 7) is 1.61. The Bertz CT molecular complexity index is 389. The van der Waals surface area contributed by atoms with E-state index in [4.69, 9.17) is 15.3 Å². The molecule has 0 bridgehead atoms. The van der Waals surface area contributed by atoms with Crippen LogP contribution < -0.4 is 16.0 Å². The highest BCUT2D eigenvalue weighted by Gasteiger charge is 2.15. The van der Waals surface area contributed by atoms with Crippen molar-refractivity contribution < 1.29 is 18.3 Å². The Labute approximate surface area is 111 Å². The summed E-state index contributed by atoms with van der Waals surface area (Å²) in [5.74, 6) is 6.22. The number of nitrogens with two attached hydrogens (primary N) is 1. The standard InChI is InChI=1S/C13H20F2N2O2/c1-9-3-4-12(18-2)10(7-9)11(17-16)5-6-19-8-13(14)15/h3-4,7,11,13,17H,5-6,8,16H2,1-2H3. The van der Waals surface area contributed by atoms with Gasteiger partial charge in [0, 0.05) is 12.2 Å². The van der Waals surface area contributed by atoms with Crippen LogP contribution >= 0.6 is 0 Å². The Morgan fingerprint density at radius 1 is 1.37 bits per heavy atom. The van der Waals surface area contributed by atoms with Crippen molar-refractivity contribution in [3.63, 3.8) is 0 Å². The number of hydrazine groups is 1. The van der Waals surface area contributed by atoms with Crippen LogP contribution in [0.5, 0.6) is 5.75 Å². The van der Waals surface area contributed by atoms with Crippen molar-refractivity contribution >= 4 is 0 Å². The average molecular weight is 274 g/mol. The van der Waals surface area contributed by atoms with Gasteiger partial charge in [0.1, 0.15) is 12.4 Å². The first-order valence-electron chi connectivity index (χ1n) is 6.05. The number of methoxy groups -OCH3 is 1. The maximum absolute atomic E-state index is 12.0. The first-order chi connectivity index (χ1) is 9.08. The van der Waals surface area contributed by atoms with Crippen molar-refractivity contribution in [2.24, 2.45) is 5.84 Å². The van der Waals surface area contributed by atoms with Gasteiger partial charge in [0.2, 0.25) is 0 Å². The van der Waals surface area contributed by atoms with Gasteiger partial charge in [-0.25, -0.2) is 8.78 Å².